The summed E-state index contributed by atoms with van der Waals surface area (Å²) in [4.78, 5) is 3.54. The lowest BCUT2D eigenvalue weighted by Gasteiger charge is -2.32. The van der Waals surface area contributed by atoms with Gasteiger partial charge in [0.1, 0.15) is 11.4 Å². The van der Waals surface area contributed by atoms with E-state index in [1.165, 1.54) is 14.2 Å². The van der Waals surface area contributed by atoms with Crippen molar-refractivity contribution in [2.24, 2.45) is 5.41 Å². The van der Waals surface area contributed by atoms with Crippen LogP contribution in [0, 0.1) is 5.41 Å². The maximum atomic E-state index is 11.1. The molecule has 0 spiro atoms. The monoisotopic (exact) mass is 430 g/mol. The average molecular weight is 431 g/mol. The number of fused-ring (bicyclic) bond motifs is 2. The number of ether oxygens (including phenoxy) is 2. The predicted octanol–water partition coefficient (Wildman–Crippen LogP) is 0.365. The summed E-state index contributed by atoms with van der Waals surface area (Å²) < 4.78 is 10.7. The second-order valence-electron chi connectivity index (χ2n) is 8.38. The molecule has 4 N–H and O–H groups in total. The Hall–Kier alpha value is -2.86. The SMILES string of the molecule is COc1cc(C2Nc3ccccc3[NH+]=C3CC(C)(C)CC(O)=C32)cc(OC)c1O.[Cl-]. The standard InChI is InChI=1S/C23H26N2O4.ClH/c1-23(2)11-16-20(17(26)12-23)21(25-15-8-6-5-7-14(15)24-16)13-9-18(28-3)22(27)19(10-13)29-4;/h5-10,21,25-27H,11-12H2,1-4H3;1H. The van der Waals surface area contributed by atoms with Gasteiger partial charge in [0.05, 0.1) is 25.8 Å². The summed E-state index contributed by atoms with van der Waals surface area (Å²) in [6.45, 7) is 4.31. The first kappa shape index (κ1) is 21.8. The van der Waals surface area contributed by atoms with E-state index in [-0.39, 0.29) is 29.6 Å². The number of hydrogen-bond donors (Lipinski definition) is 4. The Bertz CT molecular complexity index is 1000. The lowest BCUT2D eigenvalue weighted by Crippen LogP contribution is -3.00. The van der Waals surface area contributed by atoms with Crippen molar-refractivity contribution < 1.29 is 37.1 Å². The molecule has 1 aliphatic carbocycles. The maximum Gasteiger partial charge on any atom is 0.227 e. The van der Waals surface area contributed by atoms with E-state index in [1.54, 1.807) is 12.1 Å². The molecule has 0 saturated heterocycles. The van der Waals surface area contributed by atoms with E-state index in [4.69, 9.17) is 9.47 Å². The van der Waals surface area contributed by atoms with Gasteiger partial charge in [-0.1, -0.05) is 26.0 Å². The number of halogens is 1. The van der Waals surface area contributed by atoms with Gasteiger partial charge < -0.3 is 37.4 Å². The number of phenols is 1. The number of hydrogen-bond acceptors (Lipinski definition) is 5. The van der Waals surface area contributed by atoms with Crippen LogP contribution in [0.15, 0.2) is 47.7 Å². The molecule has 1 atom stereocenters. The van der Waals surface area contributed by atoms with Crippen molar-refractivity contribution in [1.82, 2.24) is 0 Å². The van der Waals surface area contributed by atoms with Crippen molar-refractivity contribution in [3.8, 4) is 17.2 Å². The molecule has 4 rings (SSSR count). The number of phenolic OH excluding ortho intramolecular Hbond substituents is 1. The summed E-state index contributed by atoms with van der Waals surface area (Å²) in [5.41, 5.74) is 4.50. The smallest absolute Gasteiger partial charge is 0.227 e. The second-order valence-corrected chi connectivity index (χ2v) is 8.38. The van der Waals surface area contributed by atoms with Gasteiger partial charge in [0, 0.05) is 18.9 Å². The first-order chi connectivity index (χ1) is 13.8. The van der Waals surface area contributed by atoms with E-state index in [9.17, 15) is 10.2 Å². The van der Waals surface area contributed by atoms with Gasteiger partial charge in [-0.25, -0.2) is 4.99 Å². The lowest BCUT2D eigenvalue weighted by atomic mass is 9.74. The van der Waals surface area contributed by atoms with E-state index in [0.29, 0.717) is 23.7 Å². The van der Waals surface area contributed by atoms with Gasteiger partial charge in [-0.05, 0) is 29.2 Å². The zero-order chi connectivity index (χ0) is 20.8. The van der Waals surface area contributed by atoms with Gasteiger partial charge in [0.15, 0.2) is 17.2 Å². The first-order valence-electron chi connectivity index (χ1n) is 9.68. The molecule has 0 aromatic heterocycles. The molecule has 1 unspecified atom stereocenters. The van der Waals surface area contributed by atoms with E-state index in [1.807, 2.05) is 24.3 Å². The van der Waals surface area contributed by atoms with E-state index >= 15 is 0 Å². The molecule has 1 heterocycles. The van der Waals surface area contributed by atoms with Crippen LogP contribution in [0.4, 0.5) is 11.4 Å². The Kier molecular flexibility index (Phi) is 5.90. The molecule has 2 aliphatic rings. The fourth-order valence-electron chi connectivity index (χ4n) is 4.25. The highest BCUT2D eigenvalue weighted by atomic mass is 35.5. The van der Waals surface area contributed by atoms with Gasteiger partial charge in [-0.2, -0.15) is 0 Å². The van der Waals surface area contributed by atoms with Crippen LogP contribution in [0.1, 0.15) is 38.3 Å². The summed E-state index contributed by atoms with van der Waals surface area (Å²) in [6.07, 6.45) is 1.40. The van der Waals surface area contributed by atoms with Gasteiger partial charge in [-0.3, -0.25) is 0 Å². The third-order valence-corrected chi connectivity index (χ3v) is 5.57. The molecule has 160 valence electrons. The van der Waals surface area contributed by atoms with Crippen LogP contribution in [0.3, 0.4) is 0 Å². The first-order valence-corrected chi connectivity index (χ1v) is 9.68. The van der Waals surface area contributed by atoms with E-state index in [2.05, 4.69) is 24.2 Å². The molecule has 30 heavy (non-hydrogen) atoms. The molecule has 6 nitrogen and oxygen atoms in total. The number of rotatable bonds is 3. The summed E-state index contributed by atoms with van der Waals surface area (Å²) in [5.74, 6) is 0.965. The number of anilines is 1. The average Bonchev–Trinajstić information content (AvgIpc) is 2.83. The zero-order valence-corrected chi connectivity index (χ0v) is 18.3. The van der Waals surface area contributed by atoms with Crippen molar-refractivity contribution in [1.29, 1.82) is 0 Å². The van der Waals surface area contributed by atoms with Crippen LogP contribution in [0.25, 0.3) is 0 Å². The molecule has 2 aromatic carbocycles. The highest BCUT2D eigenvalue weighted by Crippen LogP contribution is 2.45. The van der Waals surface area contributed by atoms with Crippen molar-refractivity contribution >= 4 is 17.1 Å². The van der Waals surface area contributed by atoms with Crippen molar-refractivity contribution in [2.75, 3.05) is 19.5 Å². The number of aromatic hydroxyl groups is 1. The number of aliphatic hydroxyl groups is 1. The van der Waals surface area contributed by atoms with E-state index < -0.39 is 0 Å². The fraction of sp³-hybridized carbons (Fsp3) is 0.348. The highest BCUT2D eigenvalue weighted by molar-refractivity contribution is 6.01. The molecular weight excluding hydrogens is 404 g/mol. The normalized spacial score (nSPS) is 19.3. The van der Waals surface area contributed by atoms with Crippen molar-refractivity contribution in [3.05, 3.63) is 53.3 Å². The van der Waals surface area contributed by atoms with E-state index in [0.717, 1.165) is 34.6 Å². The maximum absolute atomic E-state index is 11.1. The number of aliphatic hydroxyl groups excluding tert-OH is 1. The number of para-hydroxylation sites is 2. The van der Waals surface area contributed by atoms with Crippen LogP contribution in [0.5, 0.6) is 17.2 Å². The van der Waals surface area contributed by atoms with Crippen LogP contribution in [-0.4, -0.2) is 30.1 Å². The molecular formula is C23H27ClN2O4. The molecule has 0 fully saturated rings. The largest absolute Gasteiger partial charge is 1.00 e. The Labute approximate surface area is 182 Å². The number of methoxy groups -OCH3 is 2. The van der Waals surface area contributed by atoms with Crippen LogP contribution >= 0.6 is 0 Å². The minimum atomic E-state index is -0.333. The summed E-state index contributed by atoms with van der Waals surface area (Å²) in [7, 11) is 3.01. The third-order valence-electron chi connectivity index (χ3n) is 5.57. The number of nitrogens with one attached hydrogen (secondary N) is 2. The molecule has 0 amide bonds. The van der Waals surface area contributed by atoms with Crippen LogP contribution in [0.2, 0.25) is 0 Å². The van der Waals surface area contributed by atoms with Gasteiger partial charge in [0.2, 0.25) is 11.4 Å². The molecule has 0 radical (unpaired) electrons. The molecule has 2 aromatic rings. The minimum absolute atomic E-state index is 0. The predicted molar refractivity (Wildman–Crippen MR) is 112 cm³/mol. The summed E-state index contributed by atoms with van der Waals surface area (Å²) in [5, 5.41) is 24.9. The molecule has 1 aliphatic heterocycles. The number of benzene rings is 2. The second kappa shape index (κ2) is 8.11. The van der Waals surface area contributed by atoms with Crippen LogP contribution < -0.4 is 32.2 Å². The lowest BCUT2D eigenvalue weighted by molar-refractivity contribution is -0.354. The molecule has 0 bridgehead atoms. The molecule has 7 heteroatoms. The van der Waals surface area contributed by atoms with Gasteiger partial charge in [-0.15, -0.1) is 0 Å². The van der Waals surface area contributed by atoms with Crippen molar-refractivity contribution in [2.45, 2.75) is 32.7 Å². The Morgan fingerprint density at radius 1 is 1.03 bits per heavy atom. The quantitative estimate of drug-likeness (QED) is 0.565. The Morgan fingerprint density at radius 3 is 2.30 bits per heavy atom. The fourth-order valence-corrected chi connectivity index (χ4v) is 4.25. The Balaban J connectivity index is 0.00000256. The van der Waals surface area contributed by atoms with Crippen LogP contribution in [-0.2, 0) is 0 Å². The summed E-state index contributed by atoms with van der Waals surface area (Å²) in [6, 6.07) is 11.2. The Morgan fingerprint density at radius 2 is 1.67 bits per heavy atom. The van der Waals surface area contributed by atoms with Crippen molar-refractivity contribution in [3.63, 3.8) is 0 Å². The number of allylic oxidation sites excluding steroid dienone is 1. The zero-order valence-electron chi connectivity index (χ0n) is 17.5. The van der Waals surface area contributed by atoms with Gasteiger partial charge >= 0.3 is 0 Å². The van der Waals surface area contributed by atoms with Gasteiger partial charge in [0.25, 0.3) is 0 Å². The highest BCUT2D eigenvalue weighted by Gasteiger charge is 2.41. The topological polar surface area (TPSA) is 84.9 Å². The third kappa shape index (κ3) is 3.79. The summed E-state index contributed by atoms with van der Waals surface area (Å²) >= 11 is 0. The minimum Gasteiger partial charge on any atom is -1.00 e. The molecule has 0 saturated carbocycles.